The van der Waals surface area contributed by atoms with Crippen LogP contribution in [0.1, 0.15) is 29.0 Å². The van der Waals surface area contributed by atoms with E-state index in [9.17, 15) is 13.6 Å². The van der Waals surface area contributed by atoms with Gasteiger partial charge < -0.3 is 10.6 Å². The molecule has 35 heavy (non-hydrogen) atoms. The predicted octanol–water partition coefficient (Wildman–Crippen LogP) is 3.52. The van der Waals surface area contributed by atoms with Crippen molar-refractivity contribution in [3.63, 3.8) is 0 Å². The van der Waals surface area contributed by atoms with Crippen molar-refractivity contribution in [3.8, 4) is 10.6 Å². The molecule has 0 unspecified atom stereocenters. The van der Waals surface area contributed by atoms with Crippen LogP contribution in [-0.4, -0.2) is 49.9 Å². The predicted molar refractivity (Wildman–Crippen MR) is 128 cm³/mol. The Hall–Kier alpha value is -3.57. The zero-order chi connectivity index (χ0) is 24.5. The van der Waals surface area contributed by atoms with E-state index in [0.29, 0.717) is 6.54 Å². The molecule has 0 radical (unpaired) electrons. The van der Waals surface area contributed by atoms with Crippen molar-refractivity contribution in [2.24, 2.45) is 11.7 Å². The van der Waals surface area contributed by atoms with Gasteiger partial charge in [0.1, 0.15) is 22.3 Å². The van der Waals surface area contributed by atoms with E-state index in [1.165, 1.54) is 23.6 Å². The Morgan fingerprint density at radius 3 is 2.71 bits per heavy atom. The number of Topliss-reactive ketones (excluding diaryl/α,β-unsaturated/α-hetero) is 1. The number of anilines is 1. The van der Waals surface area contributed by atoms with Gasteiger partial charge in [-0.3, -0.25) is 9.78 Å². The molecule has 3 atom stereocenters. The van der Waals surface area contributed by atoms with Crippen LogP contribution in [0.25, 0.3) is 10.6 Å². The average Bonchev–Trinajstić information content (AvgIpc) is 3.52. The highest BCUT2D eigenvalue weighted by molar-refractivity contribution is 7.13. The van der Waals surface area contributed by atoms with Crippen LogP contribution in [0.4, 0.5) is 14.5 Å². The number of carbonyl (C=O) groups excluding carboxylic acids is 1. The van der Waals surface area contributed by atoms with E-state index >= 15 is 0 Å². The molecule has 1 aliphatic heterocycles. The maximum absolute atomic E-state index is 14.1. The van der Waals surface area contributed by atoms with Crippen molar-refractivity contribution in [3.05, 3.63) is 77.3 Å². The van der Waals surface area contributed by atoms with Gasteiger partial charge in [-0.05, 0) is 24.1 Å². The Bertz CT molecular complexity index is 1310. The summed E-state index contributed by atoms with van der Waals surface area (Å²) in [5.41, 5.74) is 8.09. The molecule has 1 fully saturated rings. The first kappa shape index (κ1) is 23.2. The van der Waals surface area contributed by atoms with Gasteiger partial charge >= 0.3 is 0 Å². The second kappa shape index (κ2) is 9.59. The van der Waals surface area contributed by atoms with E-state index < -0.39 is 11.6 Å². The molecule has 4 heterocycles. The number of carbonyl (C=O) groups is 1. The molecule has 1 saturated heterocycles. The summed E-state index contributed by atoms with van der Waals surface area (Å²) in [6.07, 6.45) is 6.87. The molecule has 0 amide bonds. The molecule has 1 aromatic carbocycles. The number of rotatable bonds is 6. The third-order valence-corrected chi connectivity index (χ3v) is 7.10. The number of nitrogens with zero attached hydrogens (tertiary/aromatic N) is 6. The van der Waals surface area contributed by atoms with Gasteiger partial charge in [-0.2, -0.15) is 0 Å². The number of hydrogen-bond acceptors (Lipinski definition) is 8. The lowest BCUT2D eigenvalue weighted by molar-refractivity contribution is 0.0989. The molecule has 4 aromatic rings. The number of thiazole rings is 1. The number of piperidine rings is 1. The van der Waals surface area contributed by atoms with Crippen molar-refractivity contribution in [1.29, 1.82) is 0 Å². The van der Waals surface area contributed by atoms with Crippen LogP contribution >= 0.6 is 11.3 Å². The Morgan fingerprint density at radius 2 is 2.00 bits per heavy atom. The lowest BCUT2D eigenvalue weighted by atomic mass is 9.89. The lowest BCUT2D eigenvalue weighted by Gasteiger charge is -2.42. The fourth-order valence-corrected chi connectivity index (χ4v) is 5.56. The van der Waals surface area contributed by atoms with Crippen LogP contribution < -0.4 is 10.6 Å². The van der Waals surface area contributed by atoms with Gasteiger partial charge in [-0.15, -0.1) is 16.4 Å². The molecule has 1 aliphatic rings. The van der Waals surface area contributed by atoms with E-state index in [2.05, 4.69) is 32.1 Å². The monoisotopic (exact) mass is 495 g/mol. The summed E-state index contributed by atoms with van der Waals surface area (Å²) in [5, 5.41) is 9.68. The topological polar surface area (TPSA) is 103 Å². The summed E-state index contributed by atoms with van der Waals surface area (Å²) in [7, 11) is 0. The molecule has 0 saturated carbocycles. The summed E-state index contributed by atoms with van der Waals surface area (Å²) in [6.45, 7) is 3.41. The van der Waals surface area contributed by atoms with Crippen LogP contribution in [0.2, 0.25) is 0 Å². The van der Waals surface area contributed by atoms with Crippen molar-refractivity contribution >= 4 is 22.8 Å². The maximum atomic E-state index is 14.1. The van der Waals surface area contributed by atoms with Gasteiger partial charge in [0.2, 0.25) is 0 Å². The van der Waals surface area contributed by atoms with E-state index in [0.717, 1.165) is 29.1 Å². The Morgan fingerprint density at radius 1 is 1.20 bits per heavy atom. The molecular formula is C24H23F2N7OS. The molecule has 0 spiro atoms. The average molecular weight is 496 g/mol. The highest BCUT2D eigenvalue weighted by Crippen LogP contribution is 2.33. The van der Waals surface area contributed by atoms with Crippen LogP contribution in [0.5, 0.6) is 0 Å². The number of benzene rings is 1. The number of ketones is 1. The van der Waals surface area contributed by atoms with E-state index in [-0.39, 0.29) is 46.5 Å². The smallest absolute Gasteiger partial charge is 0.186 e. The van der Waals surface area contributed by atoms with Crippen molar-refractivity contribution in [2.45, 2.75) is 25.4 Å². The summed E-state index contributed by atoms with van der Waals surface area (Å²) in [4.78, 5) is 23.7. The number of pyridine rings is 1. The zero-order valence-electron chi connectivity index (χ0n) is 18.9. The van der Waals surface area contributed by atoms with Gasteiger partial charge in [-0.1, -0.05) is 18.2 Å². The molecule has 2 N–H and O–H groups in total. The molecule has 3 aromatic heterocycles. The second-order valence-electron chi connectivity index (χ2n) is 8.66. The number of aromatic nitrogens is 5. The standard InChI is InChI=1S/C24H23F2N7OS/c1-14-11-32(12-18(27)23(14)33-8-7-29-31-33)20-5-6-28-10-15(20)9-21(34)19-13-35-24(30-19)22-16(25)3-2-4-17(22)26/h2-8,10,13-14,18,23H,9,11-12,27H2,1H3/t14-,18+,23-/m0/s1. The van der Waals surface area contributed by atoms with E-state index in [1.54, 1.807) is 18.6 Å². The zero-order valence-corrected chi connectivity index (χ0v) is 19.7. The van der Waals surface area contributed by atoms with E-state index in [4.69, 9.17) is 5.73 Å². The minimum Gasteiger partial charge on any atom is -0.369 e. The first-order valence-corrected chi connectivity index (χ1v) is 12.0. The summed E-state index contributed by atoms with van der Waals surface area (Å²) in [6, 6.07) is 5.34. The minimum absolute atomic E-state index is 0.0212. The van der Waals surface area contributed by atoms with Gasteiger partial charge in [0.05, 0.1) is 17.8 Å². The molecule has 5 rings (SSSR count). The van der Waals surface area contributed by atoms with Crippen LogP contribution in [-0.2, 0) is 6.42 Å². The first-order chi connectivity index (χ1) is 16.9. The second-order valence-corrected chi connectivity index (χ2v) is 9.52. The summed E-state index contributed by atoms with van der Waals surface area (Å²) < 4.78 is 30.1. The molecule has 8 nitrogen and oxygen atoms in total. The molecule has 180 valence electrons. The van der Waals surface area contributed by atoms with E-state index in [1.807, 2.05) is 16.9 Å². The lowest BCUT2D eigenvalue weighted by Crippen LogP contribution is -2.53. The fourth-order valence-electron chi connectivity index (χ4n) is 4.69. The first-order valence-electron chi connectivity index (χ1n) is 11.1. The highest BCUT2D eigenvalue weighted by atomic mass is 32.1. The third-order valence-electron chi connectivity index (χ3n) is 6.24. The maximum Gasteiger partial charge on any atom is 0.186 e. The SMILES string of the molecule is C[C@H]1CN(c2ccncc2CC(=O)c2csc(-c3c(F)cccc3F)n2)C[C@@H](N)[C@H]1n1ccnn1. The quantitative estimate of drug-likeness (QED) is 0.408. The number of nitrogens with two attached hydrogens (primary N) is 1. The largest absolute Gasteiger partial charge is 0.369 e. The number of halogens is 2. The Balaban J connectivity index is 1.35. The normalized spacial score (nSPS) is 20.2. The van der Waals surface area contributed by atoms with Gasteiger partial charge in [0.15, 0.2) is 5.78 Å². The fraction of sp³-hybridized carbons (Fsp3) is 0.292. The molecule has 11 heteroatoms. The van der Waals surface area contributed by atoms with Gasteiger partial charge in [-0.25, -0.2) is 18.4 Å². The van der Waals surface area contributed by atoms with Crippen LogP contribution in [0, 0.1) is 17.6 Å². The Kier molecular flexibility index (Phi) is 6.35. The van der Waals surface area contributed by atoms with Crippen molar-refractivity contribution < 1.29 is 13.6 Å². The minimum atomic E-state index is -0.715. The van der Waals surface area contributed by atoms with Crippen molar-refractivity contribution in [1.82, 2.24) is 25.0 Å². The molecule has 0 bridgehead atoms. The summed E-state index contributed by atoms with van der Waals surface area (Å²) in [5.74, 6) is -1.50. The molecule has 0 aliphatic carbocycles. The van der Waals surface area contributed by atoms with Crippen molar-refractivity contribution in [2.75, 3.05) is 18.0 Å². The van der Waals surface area contributed by atoms with Gasteiger partial charge in [0, 0.05) is 60.8 Å². The molecular weight excluding hydrogens is 472 g/mol. The van der Waals surface area contributed by atoms with Crippen LogP contribution in [0.3, 0.4) is 0 Å². The third kappa shape index (κ3) is 4.56. The highest BCUT2D eigenvalue weighted by Gasteiger charge is 2.35. The van der Waals surface area contributed by atoms with Crippen LogP contribution in [0.15, 0.2) is 54.4 Å². The Labute approximate surface area is 204 Å². The summed E-state index contributed by atoms with van der Waals surface area (Å²) >= 11 is 1.03. The number of hydrogen-bond donors (Lipinski definition) is 1. The van der Waals surface area contributed by atoms with Gasteiger partial charge in [0.25, 0.3) is 0 Å².